The van der Waals surface area contributed by atoms with E-state index in [-0.39, 0.29) is 29.7 Å². The zero-order valence-electron chi connectivity index (χ0n) is 21.1. The molecule has 0 amide bonds. The Bertz CT molecular complexity index is 1510. The molecule has 5 rings (SSSR count). The fraction of sp³-hybridized carbons (Fsp3) is 0.370. The van der Waals surface area contributed by atoms with Crippen molar-refractivity contribution in [1.82, 2.24) is 29.6 Å². The standard InChI is InChI=1S/C27H31N7O2/c1-17(35)9-12-33-25(36)22-16-30-26(31-20-6-5-19-15-28-10-7-18(19)13-20)32-24(22)34(33)21-8-11-29-23(14-21)27(2,3)4/h5-6,8,11,13-14,16,28H,7,9-10,12,15H2,1-4H3,(H,30,31,32). The van der Waals surface area contributed by atoms with E-state index in [1.807, 2.05) is 18.2 Å². The molecule has 3 aromatic heterocycles. The Kier molecular flexibility index (Phi) is 6.17. The lowest BCUT2D eigenvalue weighted by atomic mass is 9.91. The van der Waals surface area contributed by atoms with Crippen LogP contribution < -0.4 is 16.2 Å². The minimum atomic E-state index is -0.229. The van der Waals surface area contributed by atoms with E-state index in [2.05, 4.69) is 53.5 Å². The Morgan fingerprint density at radius 3 is 2.75 bits per heavy atom. The number of pyridine rings is 1. The molecule has 0 unspecified atom stereocenters. The number of anilines is 2. The molecule has 0 saturated heterocycles. The average Bonchev–Trinajstić information content (AvgIpc) is 3.13. The first-order valence-corrected chi connectivity index (χ1v) is 12.2. The van der Waals surface area contributed by atoms with Crippen molar-refractivity contribution in [2.75, 3.05) is 11.9 Å². The Hall–Kier alpha value is -3.85. The maximum absolute atomic E-state index is 13.4. The van der Waals surface area contributed by atoms with Crippen LogP contribution in [0.5, 0.6) is 0 Å². The van der Waals surface area contributed by atoms with E-state index in [1.165, 1.54) is 18.1 Å². The Morgan fingerprint density at radius 1 is 1.14 bits per heavy atom. The monoisotopic (exact) mass is 485 g/mol. The minimum Gasteiger partial charge on any atom is -0.324 e. The smallest absolute Gasteiger partial charge is 0.278 e. The lowest BCUT2D eigenvalue weighted by Gasteiger charge is -2.19. The van der Waals surface area contributed by atoms with E-state index in [0.717, 1.165) is 36.6 Å². The molecule has 2 N–H and O–H groups in total. The summed E-state index contributed by atoms with van der Waals surface area (Å²) < 4.78 is 3.35. The second-order valence-corrected chi connectivity index (χ2v) is 10.3. The molecule has 1 aromatic carbocycles. The van der Waals surface area contributed by atoms with Gasteiger partial charge in [-0.05, 0) is 55.3 Å². The molecule has 0 saturated carbocycles. The number of carbonyl (C=O) groups excluding carboxylic acids is 1. The number of nitrogens with zero attached hydrogens (tertiary/aromatic N) is 5. The largest absolute Gasteiger partial charge is 0.324 e. The highest BCUT2D eigenvalue weighted by molar-refractivity contribution is 5.78. The third-order valence-electron chi connectivity index (χ3n) is 6.46. The first-order valence-electron chi connectivity index (χ1n) is 12.2. The lowest BCUT2D eigenvalue weighted by molar-refractivity contribution is -0.117. The molecular formula is C27H31N7O2. The van der Waals surface area contributed by atoms with Crippen LogP contribution in [0.25, 0.3) is 16.7 Å². The van der Waals surface area contributed by atoms with Gasteiger partial charge in [0.15, 0.2) is 5.65 Å². The topological polar surface area (TPSA) is 107 Å². The molecule has 0 bridgehead atoms. The van der Waals surface area contributed by atoms with E-state index >= 15 is 0 Å². The summed E-state index contributed by atoms with van der Waals surface area (Å²) in [6, 6.07) is 10.1. The zero-order chi connectivity index (χ0) is 25.4. The number of hydrogen-bond acceptors (Lipinski definition) is 7. The van der Waals surface area contributed by atoms with Crippen molar-refractivity contribution in [2.45, 2.75) is 59.0 Å². The van der Waals surface area contributed by atoms with Crippen LogP contribution in [-0.4, -0.2) is 36.6 Å². The summed E-state index contributed by atoms with van der Waals surface area (Å²) in [5.74, 6) is 0.416. The number of carbonyl (C=O) groups is 1. The van der Waals surface area contributed by atoms with Crippen LogP contribution in [0.1, 0.15) is 50.9 Å². The normalized spacial score (nSPS) is 13.6. The van der Waals surface area contributed by atoms with Crippen molar-refractivity contribution in [3.8, 4) is 5.69 Å². The highest BCUT2D eigenvalue weighted by Crippen LogP contribution is 2.25. The molecule has 36 heavy (non-hydrogen) atoms. The lowest BCUT2D eigenvalue weighted by Crippen LogP contribution is -2.24. The summed E-state index contributed by atoms with van der Waals surface area (Å²) in [7, 11) is 0. The van der Waals surface area contributed by atoms with Crippen LogP contribution >= 0.6 is 0 Å². The quantitative estimate of drug-likeness (QED) is 0.429. The van der Waals surface area contributed by atoms with E-state index in [9.17, 15) is 9.59 Å². The van der Waals surface area contributed by atoms with Gasteiger partial charge in [-0.15, -0.1) is 0 Å². The van der Waals surface area contributed by atoms with Gasteiger partial charge in [0.05, 0.1) is 12.2 Å². The van der Waals surface area contributed by atoms with Crippen molar-refractivity contribution >= 4 is 28.5 Å². The molecule has 1 aliphatic heterocycles. The number of ketones is 1. The molecule has 0 atom stereocenters. The van der Waals surface area contributed by atoms with E-state index < -0.39 is 0 Å². The molecule has 4 heterocycles. The maximum Gasteiger partial charge on any atom is 0.278 e. The van der Waals surface area contributed by atoms with Crippen LogP contribution in [0.3, 0.4) is 0 Å². The molecule has 9 nitrogen and oxygen atoms in total. The van der Waals surface area contributed by atoms with Crippen molar-refractivity contribution in [3.05, 3.63) is 69.9 Å². The van der Waals surface area contributed by atoms with Crippen molar-refractivity contribution in [2.24, 2.45) is 0 Å². The second kappa shape index (κ2) is 9.31. The Labute approximate surface area is 209 Å². The number of benzene rings is 1. The van der Waals surface area contributed by atoms with Gasteiger partial charge in [-0.3, -0.25) is 14.6 Å². The van der Waals surface area contributed by atoms with E-state index in [0.29, 0.717) is 17.0 Å². The number of aromatic nitrogens is 5. The van der Waals surface area contributed by atoms with Gasteiger partial charge in [0.25, 0.3) is 5.56 Å². The van der Waals surface area contributed by atoms with Crippen LogP contribution in [0.2, 0.25) is 0 Å². The van der Waals surface area contributed by atoms with E-state index in [4.69, 9.17) is 4.98 Å². The molecule has 0 spiro atoms. The molecule has 1 aliphatic rings. The van der Waals surface area contributed by atoms with Gasteiger partial charge in [0.1, 0.15) is 11.2 Å². The van der Waals surface area contributed by atoms with Crippen LogP contribution in [-0.2, 0) is 29.7 Å². The third-order valence-corrected chi connectivity index (χ3v) is 6.46. The third kappa shape index (κ3) is 4.66. The molecule has 0 aliphatic carbocycles. The summed E-state index contributed by atoms with van der Waals surface area (Å²) in [6.07, 6.45) is 4.52. The highest BCUT2D eigenvalue weighted by Gasteiger charge is 2.21. The van der Waals surface area contributed by atoms with Crippen molar-refractivity contribution in [3.63, 3.8) is 0 Å². The van der Waals surface area contributed by atoms with Gasteiger partial charge in [-0.1, -0.05) is 26.8 Å². The van der Waals surface area contributed by atoms with Gasteiger partial charge in [-0.2, -0.15) is 4.98 Å². The minimum absolute atomic E-state index is 0.0138. The first kappa shape index (κ1) is 23.9. The fourth-order valence-electron chi connectivity index (χ4n) is 4.46. The van der Waals surface area contributed by atoms with Crippen LogP contribution in [0, 0.1) is 0 Å². The predicted octanol–water partition coefficient (Wildman–Crippen LogP) is 3.64. The summed E-state index contributed by atoms with van der Waals surface area (Å²) >= 11 is 0. The van der Waals surface area contributed by atoms with Gasteiger partial charge < -0.3 is 10.6 Å². The number of hydrogen-bond donors (Lipinski definition) is 2. The highest BCUT2D eigenvalue weighted by atomic mass is 16.1. The molecular weight excluding hydrogens is 454 g/mol. The number of fused-ring (bicyclic) bond motifs is 2. The molecule has 0 fully saturated rings. The number of rotatable bonds is 6. The number of Topliss-reactive ketones (excluding diaryl/α,β-unsaturated/α-hetero) is 1. The summed E-state index contributed by atoms with van der Waals surface area (Å²) in [6.45, 7) is 9.89. The summed E-state index contributed by atoms with van der Waals surface area (Å²) in [5, 5.41) is 7.09. The molecule has 9 heteroatoms. The Balaban J connectivity index is 1.62. The first-order chi connectivity index (χ1) is 17.2. The Morgan fingerprint density at radius 2 is 1.97 bits per heavy atom. The fourth-order valence-corrected chi connectivity index (χ4v) is 4.46. The van der Waals surface area contributed by atoms with Crippen molar-refractivity contribution in [1.29, 1.82) is 0 Å². The number of nitrogens with one attached hydrogen (secondary N) is 2. The molecule has 0 radical (unpaired) electrons. The van der Waals surface area contributed by atoms with Gasteiger partial charge in [0.2, 0.25) is 5.95 Å². The van der Waals surface area contributed by atoms with Gasteiger partial charge >= 0.3 is 0 Å². The molecule has 4 aromatic rings. The maximum atomic E-state index is 13.4. The van der Waals surface area contributed by atoms with Crippen LogP contribution in [0.15, 0.2) is 47.5 Å². The van der Waals surface area contributed by atoms with Gasteiger partial charge in [0, 0.05) is 42.2 Å². The second-order valence-electron chi connectivity index (χ2n) is 10.3. The summed E-state index contributed by atoms with van der Waals surface area (Å²) in [4.78, 5) is 38.8. The van der Waals surface area contributed by atoms with Gasteiger partial charge in [-0.25, -0.2) is 14.3 Å². The summed E-state index contributed by atoms with van der Waals surface area (Å²) in [5.41, 5.74) is 5.24. The van der Waals surface area contributed by atoms with Crippen molar-refractivity contribution < 1.29 is 4.79 Å². The molecule has 186 valence electrons. The van der Waals surface area contributed by atoms with E-state index in [1.54, 1.807) is 21.8 Å². The average molecular weight is 486 g/mol. The zero-order valence-corrected chi connectivity index (χ0v) is 21.1. The predicted molar refractivity (Wildman–Crippen MR) is 140 cm³/mol. The van der Waals surface area contributed by atoms with Crippen LogP contribution in [0.4, 0.5) is 11.6 Å². The SMILES string of the molecule is CC(=O)CCn1c(=O)c2cnc(Nc3ccc4c(c3)CCNC4)nc2n1-c1ccnc(C(C)(C)C)c1.